The zero-order valence-electron chi connectivity index (χ0n) is 10.7. The number of hydrogen-bond acceptors (Lipinski definition) is 4. The number of nitrogens with two attached hydrogens (primary N) is 1. The molecule has 0 aliphatic carbocycles. The SMILES string of the molecule is CCC(N)C(Sc1ncccn1)c1cccc(Cl)c1. The number of hydrogen-bond donors (Lipinski definition) is 1. The van der Waals surface area contributed by atoms with Gasteiger partial charge in [0, 0.05) is 23.5 Å². The lowest BCUT2D eigenvalue weighted by atomic mass is 10.0. The third kappa shape index (κ3) is 3.93. The van der Waals surface area contributed by atoms with Gasteiger partial charge in [-0.25, -0.2) is 9.97 Å². The molecular weight excluding hydrogens is 278 g/mol. The molecule has 2 atom stereocenters. The minimum absolute atomic E-state index is 0.0345. The van der Waals surface area contributed by atoms with Gasteiger partial charge in [0.25, 0.3) is 0 Å². The van der Waals surface area contributed by atoms with Crippen molar-refractivity contribution in [2.45, 2.75) is 29.8 Å². The predicted molar refractivity (Wildman–Crippen MR) is 80.3 cm³/mol. The van der Waals surface area contributed by atoms with Gasteiger partial charge in [-0.05, 0) is 30.2 Å². The fourth-order valence-electron chi connectivity index (χ4n) is 1.76. The van der Waals surface area contributed by atoms with Crippen molar-refractivity contribution in [2.75, 3.05) is 0 Å². The molecule has 1 aromatic carbocycles. The summed E-state index contributed by atoms with van der Waals surface area (Å²) in [5, 5.41) is 1.56. The summed E-state index contributed by atoms with van der Waals surface area (Å²) < 4.78 is 0. The molecule has 100 valence electrons. The van der Waals surface area contributed by atoms with E-state index in [9.17, 15) is 0 Å². The Kier molecular flexibility index (Phi) is 5.19. The predicted octanol–water partition coefficient (Wildman–Crippen LogP) is 3.70. The van der Waals surface area contributed by atoms with Crippen molar-refractivity contribution in [2.24, 2.45) is 5.73 Å². The summed E-state index contributed by atoms with van der Waals surface area (Å²) in [6, 6.07) is 9.65. The molecular formula is C14H16ClN3S. The standard InChI is InChI=1S/C14H16ClN3S/c1-2-12(16)13(10-5-3-6-11(15)9-10)19-14-17-7-4-8-18-14/h3-9,12-13H,2,16H2,1H3. The van der Waals surface area contributed by atoms with Crippen molar-refractivity contribution in [1.29, 1.82) is 0 Å². The molecule has 2 rings (SSSR count). The molecule has 3 nitrogen and oxygen atoms in total. The molecule has 0 saturated heterocycles. The van der Waals surface area contributed by atoms with Crippen LogP contribution >= 0.6 is 23.4 Å². The largest absolute Gasteiger partial charge is 0.326 e. The highest BCUT2D eigenvalue weighted by Crippen LogP contribution is 2.36. The molecule has 0 amide bonds. The number of halogens is 1. The van der Waals surface area contributed by atoms with Crippen molar-refractivity contribution in [3.8, 4) is 0 Å². The molecule has 2 N–H and O–H groups in total. The Morgan fingerprint density at radius 1 is 1.26 bits per heavy atom. The summed E-state index contributed by atoms with van der Waals surface area (Å²) in [7, 11) is 0. The number of nitrogens with zero attached hydrogens (tertiary/aromatic N) is 2. The maximum atomic E-state index is 6.23. The van der Waals surface area contributed by atoms with E-state index in [4.69, 9.17) is 17.3 Å². The van der Waals surface area contributed by atoms with Crippen LogP contribution in [0.4, 0.5) is 0 Å². The zero-order chi connectivity index (χ0) is 13.7. The first-order chi connectivity index (χ1) is 9.20. The first-order valence-electron chi connectivity index (χ1n) is 6.15. The Morgan fingerprint density at radius 3 is 2.63 bits per heavy atom. The lowest BCUT2D eigenvalue weighted by Crippen LogP contribution is -2.25. The van der Waals surface area contributed by atoms with E-state index < -0.39 is 0 Å². The highest BCUT2D eigenvalue weighted by atomic mass is 35.5. The van der Waals surface area contributed by atoms with E-state index in [0.717, 1.165) is 22.2 Å². The maximum Gasteiger partial charge on any atom is 0.188 e. The van der Waals surface area contributed by atoms with Gasteiger partial charge in [-0.2, -0.15) is 0 Å². The van der Waals surface area contributed by atoms with Gasteiger partial charge in [-0.1, -0.05) is 42.4 Å². The fourth-order valence-corrected chi connectivity index (χ4v) is 3.08. The summed E-state index contributed by atoms with van der Waals surface area (Å²) in [5.74, 6) is 0. The molecule has 1 aromatic heterocycles. The summed E-state index contributed by atoms with van der Waals surface area (Å²) in [6.07, 6.45) is 4.36. The number of benzene rings is 1. The molecule has 0 bridgehead atoms. The molecule has 5 heteroatoms. The van der Waals surface area contributed by atoms with Crippen LogP contribution in [0.25, 0.3) is 0 Å². The van der Waals surface area contributed by atoms with Gasteiger partial charge in [0.15, 0.2) is 5.16 Å². The van der Waals surface area contributed by atoms with E-state index in [1.165, 1.54) is 0 Å². The Bertz CT molecular complexity index is 521. The number of aromatic nitrogens is 2. The second-order valence-corrected chi connectivity index (χ2v) is 5.74. The van der Waals surface area contributed by atoms with Crippen molar-refractivity contribution in [1.82, 2.24) is 9.97 Å². The molecule has 0 aliphatic rings. The molecule has 2 aromatic rings. The molecule has 0 spiro atoms. The average molecular weight is 294 g/mol. The Morgan fingerprint density at radius 2 is 2.00 bits per heavy atom. The second-order valence-electron chi connectivity index (χ2n) is 4.20. The van der Waals surface area contributed by atoms with Crippen LogP contribution in [0, 0.1) is 0 Å². The number of rotatable bonds is 5. The van der Waals surface area contributed by atoms with Gasteiger partial charge in [0.2, 0.25) is 0 Å². The third-order valence-corrected chi connectivity index (χ3v) is 4.34. The Balaban J connectivity index is 2.26. The van der Waals surface area contributed by atoms with Crippen molar-refractivity contribution in [3.63, 3.8) is 0 Å². The molecule has 0 saturated carbocycles. The maximum absolute atomic E-state index is 6.23. The van der Waals surface area contributed by atoms with Crippen LogP contribution in [0.1, 0.15) is 24.2 Å². The average Bonchev–Trinajstić information content (AvgIpc) is 2.45. The molecule has 0 aliphatic heterocycles. The first kappa shape index (κ1) is 14.3. The van der Waals surface area contributed by atoms with Gasteiger partial charge >= 0.3 is 0 Å². The summed E-state index contributed by atoms with van der Waals surface area (Å²) in [4.78, 5) is 8.49. The van der Waals surface area contributed by atoms with Gasteiger partial charge in [0.1, 0.15) is 0 Å². The van der Waals surface area contributed by atoms with E-state index in [2.05, 4.69) is 16.9 Å². The smallest absolute Gasteiger partial charge is 0.188 e. The van der Waals surface area contributed by atoms with Gasteiger partial charge in [-0.3, -0.25) is 0 Å². The summed E-state index contributed by atoms with van der Waals surface area (Å²) in [5.41, 5.74) is 7.34. The molecule has 1 heterocycles. The highest BCUT2D eigenvalue weighted by molar-refractivity contribution is 7.99. The summed E-state index contributed by atoms with van der Waals surface area (Å²) in [6.45, 7) is 2.08. The summed E-state index contributed by atoms with van der Waals surface area (Å²) >= 11 is 7.64. The van der Waals surface area contributed by atoms with E-state index >= 15 is 0 Å². The Labute approximate surface area is 122 Å². The van der Waals surface area contributed by atoms with Gasteiger partial charge in [0.05, 0.1) is 5.25 Å². The quantitative estimate of drug-likeness (QED) is 0.674. The molecule has 0 radical (unpaired) electrons. The molecule has 0 fully saturated rings. The van der Waals surface area contributed by atoms with Crippen molar-refractivity contribution >= 4 is 23.4 Å². The van der Waals surface area contributed by atoms with Gasteiger partial charge < -0.3 is 5.73 Å². The lowest BCUT2D eigenvalue weighted by Gasteiger charge is -2.22. The highest BCUT2D eigenvalue weighted by Gasteiger charge is 2.21. The number of thioether (sulfide) groups is 1. The normalized spacial score (nSPS) is 14.1. The van der Waals surface area contributed by atoms with Crippen molar-refractivity contribution in [3.05, 3.63) is 53.3 Å². The first-order valence-corrected chi connectivity index (χ1v) is 7.41. The van der Waals surface area contributed by atoms with E-state index in [-0.39, 0.29) is 11.3 Å². The third-order valence-electron chi connectivity index (χ3n) is 2.81. The van der Waals surface area contributed by atoms with Crippen LogP contribution in [-0.4, -0.2) is 16.0 Å². The minimum Gasteiger partial charge on any atom is -0.326 e. The minimum atomic E-state index is 0.0345. The van der Waals surface area contributed by atoms with E-state index in [1.54, 1.807) is 30.2 Å². The van der Waals surface area contributed by atoms with Crippen LogP contribution < -0.4 is 5.73 Å². The molecule has 19 heavy (non-hydrogen) atoms. The fraction of sp³-hybridized carbons (Fsp3) is 0.286. The molecule has 2 unspecified atom stereocenters. The van der Waals surface area contributed by atoms with Crippen molar-refractivity contribution < 1.29 is 0 Å². The topological polar surface area (TPSA) is 51.8 Å². The van der Waals surface area contributed by atoms with E-state index in [1.807, 2.05) is 24.3 Å². The van der Waals surface area contributed by atoms with Crippen LogP contribution in [0.3, 0.4) is 0 Å². The van der Waals surface area contributed by atoms with Crippen LogP contribution in [0.2, 0.25) is 5.02 Å². The monoisotopic (exact) mass is 293 g/mol. The second kappa shape index (κ2) is 6.89. The van der Waals surface area contributed by atoms with Crippen LogP contribution in [0.5, 0.6) is 0 Å². The Hall–Kier alpha value is -1.10. The van der Waals surface area contributed by atoms with Gasteiger partial charge in [-0.15, -0.1) is 0 Å². The lowest BCUT2D eigenvalue weighted by molar-refractivity contribution is 0.632. The van der Waals surface area contributed by atoms with Crippen LogP contribution in [-0.2, 0) is 0 Å². The zero-order valence-corrected chi connectivity index (χ0v) is 12.2. The van der Waals surface area contributed by atoms with Crippen LogP contribution in [0.15, 0.2) is 47.9 Å². The van der Waals surface area contributed by atoms with E-state index in [0.29, 0.717) is 0 Å².